The molecule has 0 aliphatic rings. The molecule has 24 heavy (non-hydrogen) atoms. The molecule has 4 aromatic rings. The largest absolute Gasteiger partial charge is 0.290 e. The number of hydrogen-bond donors (Lipinski definition) is 1. The highest BCUT2D eigenvalue weighted by Gasteiger charge is 2.15. The molecule has 0 radical (unpaired) electrons. The van der Waals surface area contributed by atoms with Gasteiger partial charge in [0, 0.05) is 5.38 Å². The van der Waals surface area contributed by atoms with Crippen molar-refractivity contribution in [3.05, 3.63) is 72.4 Å². The van der Waals surface area contributed by atoms with Gasteiger partial charge in [0.2, 0.25) is 0 Å². The van der Waals surface area contributed by atoms with E-state index < -0.39 is 10.0 Å². The normalized spacial score (nSPS) is 11.7. The molecule has 0 fully saturated rings. The molecule has 0 spiro atoms. The highest BCUT2D eigenvalue weighted by Crippen LogP contribution is 2.28. The lowest BCUT2D eigenvalue weighted by atomic mass is 10.3. The van der Waals surface area contributed by atoms with Crippen LogP contribution in [-0.4, -0.2) is 18.0 Å². The molecule has 4 rings (SSSR count). The lowest BCUT2D eigenvalue weighted by Gasteiger charge is -2.05. The molecule has 1 N–H and O–H groups in total. The summed E-state index contributed by atoms with van der Waals surface area (Å²) in [5.41, 5.74) is 2.42. The smallest absolute Gasteiger partial charge is 0.261 e. The van der Waals surface area contributed by atoms with Crippen molar-refractivity contribution in [1.29, 1.82) is 0 Å². The van der Waals surface area contributed by atoms with Gasteiger partial charge in [0.05, 0.1) is 21.6 Å². The summed E-state index contributed by atoms with van der Waals surface area (Å²) < 4.78 is 29.3. The molecule has 0 aliphatic carbocycles. The minimum absolute atomic E-state index is 0.242. The van der Waals surface area contributed by atoms with Crippen LogP contribution in [0.15, 0.2) is 77.3 Å². The van der Waals surface area contributed by atoms with Crippen LogP contribution in [0, 0.1) is 0 Å². The molecule has 0 bridgehead atoms. The van der Waals surface area contributed by atoms with Crippen molar-refractivity contribution in [3.63, 3.8) is 0 Å². The van der Waals surface area contributed by atoms with E-state index in [-0.39, 0.29) is 4.90 Å². The Morgan fingerprint density at radius 1 is 1.00 bits per heavy atom. The molecule has 0 amide bonds. The summed E-state index contributed by atoms with van der Waals surface area (Å²) in [5, 5.41) is 2.68. The fraction of sp³-hybridized carbons (Fsp3) is 0. The van der Waals surface area contributed by atoms with Gasteiger partial charge in [-0.25, -0.2) is 13.4 Å². The third-order valence-electron chi connectivity index (χ3n) is 3.58. The first kappa shape index (κ1) is 14.9. The minimum Gasteiger partial charge on any atom is -0.290 e. The minimum atomic E-state index is -3.58. The maximum Gasteiger partial charge on any atom is 0.261 e. The molecule has 0 unspecified atom stereocenters. The lowest BCUT2D eigenvalue weighted by molar-refractivity contribution is 0.601. The molecule has 0 saturated carbocycles. The SMILES string of the molecule is O=S(=O)(Nc1csc(-n2cnc3ccccc32)c1)c1ccccc1. The monoisotopic (exact) mass is 355 g/mol. The maximum atomic E-state index is 12.4. The first-order valence-corrected chi connectivity index (χ1v) is 9.59. The average Bonchev–Trinajstić information content (AvgIpc) is 3.21. The molecular formula is C17H13N3O2S2. The summed E-state index contributed by atoms with van der Waals surface area (Å²) in [6.45, 7) is 0. The van der Waals surface area contributed by atoms with Crippen LogP contribution in [0.4, 0.5) is 5.69 Å². The quantitative estimate of drug-likeness (QED) is 0.604. The first-order chi connectivity index (χ1) is 11.6. The van der Waals surface area contributed by atoms with Gasteiger partial charge in [0.15, 0.2) is 0 Å². The molecule has 2 heterocycles. The number of sulfonamides is 1. The second-order valence-corrected chi connectivity index (χ2v) is 7.77. The molecule has 120 valence electrons. The molecular weight excluding hydrogens is 342 g/mol. The Labute approximate surface area is 143 Å². The van der Waals surface area contributed by atoms with E-state index in [1.807, 2.05) is 28.8 Å². The first-order valence-electron chi connectivity index (χ1n) is 7.22. The fourth-order valence-electron chi connectivity index (χ4n) is 2.45. The van der Waals surface area contributed by atoms with E-state index in [1.165, 1.54) is 11.3 Å². The van der Waals surface area contributed by atoms with Crippen molar-refractivity contribution in [2.75, 3.05) is 4.72 Å². The van der Waals surface area contributed by atoms with E-state index in [9.17, 15) is 8.42 Å². The van der Waals surface area contributed by atoms with Crippen LogP contribution < -0.4 is 4.72 Å². The van der Waals surface area contributed by atoms with E-state index in [0.717, 1.165) is 16.0 Å². The second kappa shape index (κ2) is 5.77. The van der Waals surface area contributed by atoms with E-state index >= 15 is 0 Å². The van der Waals surface area contributed by atoms with Gasteiger partial charge >= 0.3 is 0 Å². The van der Waals surface area contributed by atoms with Crippen LogP contribution in [0.2, 0.25) is 0 Å². The molecule has 0 aliphatic heterocycles. The van der Waals surface area contributed by atoms with Crippen molar-refractivity contribution in [3.8, 4) is 5.00 Å². The number of anilines is 1. The number of nitrogens with one attached hydrogen (secondary N) is 1. The molecule has 2 aromatic carbocycles. The van der Waals surface area contributed by atoms with Crippen molar-refractivity contribution >= 4 is 38.1 Å². The van der Waals surface area contributed by atoms with E-state index in [2.05, 4.69) is 9.71 Å². The van der Waals surface area contributed by atoms with Crippen LogP contribution in [0.5, 0.6) is 0 Å². The molecule has 2 aromatic heterocycles. The predicted molar refractivity (Wildman–Crippen MR) is 96.2 cm³/mol. The highest BCUT2D eigenvalue weighted by molar-refractivity contribution is 7.92. The Morgan fingerprint density at radius 2 is 1.75 bits per heavy atom. The van der Waals surface area contributed by atoms with Gasteiger partial charge in [-0.1, -0.05) is 30.3 Å². The van der Waals surface area contributed by atoms with Crippen LogP contribution in [0.1, 0.15) is 0 Å². The third-order valence-corrected chi connectivity index (χ3v) is 5.91. The fourth-order valence-corrected chi connectivity index (χ4v) is 4.42. The highest BCUT2D eigenvalue weighted by atomic mass is 32.2. The van der Waals surface area contributed by atoms with E-state index in [4.69, 9.17) is 0 Å². The van der Waals surface area contributed by atoms with Crippen LogP contribution in [-0.2, 0) is 10.0 Å². The second-order valence-electron chi connectivity index (χ2n) is 5.20. The van der Waals surface area contributed by atoms with E-state index in [0.29, 0.717) is 5.69 Å². The Bertz CT molecular complexity index is 1100. The zero-order valence-corrected chi connectivity index (χ0v) is 14.1. The van der Waals surface area contributed by atoms with Crippen molar-refractivity contribution in [2.24, 2.45) is 0 Å². The van der Waals surface area contributed by atoms with E-state index in [1.54, 1.807) is 48.1 Å². The van der Waals surface area contributed by atoms with Crippen molar-refractivity contribution < 1.29 is 8.42 Å². The van der Waals surface area contributed by atoms with Crippen LogP contribution in [0.3, 0.4) is 0 Å². The zero-order chi connectivity index (χ0) is 16.6. The van der Waals surface area contributed by atoms with Gasteiger partial charge in [-0.3, -0.25) is 9.29 Å². The zero-order valence-electron chi connectivity index (χ0n) is 12.5. The summed E-state index contributed by atoms with van der Waals surface area (Å²) in [6.07, 6.45) is 1.74. The summed E-state index contributed by atoms with van der Waals surface area (Å²) in [6, 6.07) is 17.9. The third kappa shape index (κ3) is 2.68. The van der Waals surface area contributed by atoms with Gasteiger partial charge in [-0.2, -0.15) is 0 Å². The number of aromatic nitrogens is 2. The van der Waals surface area contributed by atoms with Gasteiger partial charge in [0.25, 0.3) is 10.0 Å². The van der Waals surface area contributed by atoms with Gasteiger partial charge in [-0.05, 0) is 30.3 Å². The predicted octanol–water partition coefficient (Wildman–Crippen LogP) is 3.89. The summed E-state index contributed by atoms with van der Waals surface area (Å²) in [5.74, 6) is 0. The van der Waals surface area contributed by atoms with Gasteiger partial charge in [0.1, 0.15) is 11.3 Å². The van der Waals surface area contributed by atoms with Crippen molar-refractivity contribution in [2.45, 2.75) is 4.90 Å². The number of benzene rings is 2. The number of hydrogen-bond acceptors (Lipinski definition) is 4. The lowest BCUT2D eigenvalue weighted by Crippen LogP contribution is -2.12. The Kier molecular flexibility index (Phi) is 3.59. The summed E-state index contributed by atoms with van der Waals surface area (Å²) >= 11 is 1.45. The topological polar surface area (TPSA) is 64.0 Å². The van der Waals surface area contributed by atoms with Gasteiger partial charge in [-0.15, -0.1) is 11.3 Å². The Hall–Kier alpha value is -2.64. The molecule has 5 nitrogen and oxygen atoms in total. The number of nitrogens with zero attached hydrogens (tertiary/aromatic N) is 2. The Balaban J connectivity index is 1.66. The van der Waals surface area contributed by atoms with Crippen LogP contribution in [0.25, 0.3) is 16.0 Å². The standard InChI is InChI=1S/C17H13N3O2S2/c21-24(22,14-6-2-1-3-7-14)19-13-10-17(23-11-13)20-12-18-15-8-4-5-9-16(15)20/h1-12,19H. The van der Waals surface area contributed by atoms with Gasteiger partial charge < -0.3 is 0 Å². The number of rotatable bonds is 4. The molecule has 0 saturated heterocycles. The summed E-state index contributed by atoms with van der Waals surface area (Å²) in [7, 11) is -3.58. The molecule has 0 atom stereocenters. The summed E-state index contributed by atoms with van der Waals surface area (Å²) in [4.78, 5) is 4.60. The maximum absolute atomic E-state index is 12.4. The average molecular weight is 355 g/mol. The Morgan fingerprint density at radius 3 is 2.58 bits per heavy atom. The number of thiophene rings is 1. The van der Waals surface area contributed by atoms with Crippen LogP contribution >= 0.6 is 11.3 Å². The number of fused-ring (bicyclic) bond motifs is 1. The molecule has 7 heteroatoms. The number of para-hydroxylation sites is 2. The van der Waals surface area contributed by atoms with Crippen molar-refractivity contribution in [1.82, 2.24) is 9.55 Å². The number of imidazole rings is 1.